The molecule has 0 aromatic carbocycles. The van der Waals surface area contributed by atoms with Crippen LogP contribution in [0.2, 0.25) is 0 Å². The van der Waals surface area contributed by atoms with Gasteiger partial charge in [-0.3, -0.25) is 0 Å². The smallest absolute Gasteiger partial charge is 0.224 e. The summed E-state index contributed by atoms with van der Waals surface area (Å²) in [7, 11) is 0. The van der Waals surface area contributed by atoms with Gasteiger partial charge in [0.15, 0.2) is 11.6 Å². The van der Waals surface area contributed by atoms with Crippen molar-refractivity contribution in [3.05, 3.63) is 12.0 Å². The van der Waals surface area contributed by atoms with Gasteiger partial charge in [0.05, 0.1) is 6.20 Å². The standard InChI is InChI=1S/C15H24FN5/c1-2-6-17-15-18-10-13(16)14(20-15)19-11-5-8-21-7-3-4-12(21)9-11/h10-12H,2-9H2,1H3,(H2,17,18,19,20). The molecule has 2 N–H and O–H groups in total. The fourth-order valence-electron chi connectivity index (χ4n) is 3.34. The molecule has 0 amide bonds. The molecular formula is C15H24FN5. The van der Waals surface area contributed by atoms with E-state index in [2.05, 4.69) is 32.4 Å². The lowest BCUT2D eigenvalue weighted by atomic mass is 9.97. The highest BCUT2D eigenvalue weighted by atomic mass is 19.1. The molecule has 0 saturated carbocycles. The molecule has 2 atom stereocenters. The number of nitrogens with zero attached hydrogens (tertiary/aromatic N) is 3. The summed E-state index contributed by atoms with van der Waals surface area (Å²) in [4.78, 5) is 10.8. The highest BCUT2D eigenvalue weighted by molar-refractivity contribution is 5.42. The van der Waals surface area contributed by atoms with Crippen molar-refractivity contribution < 1.29 is 4.39 Å². The van der Waals surface area contributed by atoms with Crippen LogP contribution >= 0.6 is 0 Å². The molecule has 1 aromatic rings. The predicted molar refractivity (Wildman–Crippen MR) is 82.0 cm³/mol. The number of nitrogens with one attached hydrogen (secondary N) is 2. The Balaban J connectivity index is 1.63. The molecule has 6 heteroatoms. The van der Waals surface area contributed by atoms with Crippen molar-refractivity contribution >= 4 is 11.8 Å². The van der Waals surface area contributed by atoms with Crippen LogP contribution in [0, 0.1) is 5.82 Å². The molecule has 0 aliphatic carbocycles. The van der Waals surface area contributed by atoms with Crippen LogP contribution in [0.25, 0.3) is 0 Å². The third-order valence-corrected chi connectivity index (χ3v) is 4.44. The summed E-state index contributed by atoms with van der Waals surface area (Å²) in [5.41, 5.74) is 0. The van der Waals surface area contributed by atoms with Gasteiger partial charge in [0.25, 0.3) is 0 Å². The number of anilines is 2. The third kappa shape index (κ3) is 3.43. The molecule has 5 nitrogen and oxygen atoms in total. The zero-order valence-corrected chi connectivity index (χ0v) is 12.6. The second-order valence-electron chi connectivity index (χ2n) is 6.01. The van der Waals surface area contributed by atoms with E-state index in [1.807, 2.05) is 0 Å². The predicted octanol–water partition coefficient (Wildman–Crippen LogP) is 2.48. The van der Waals surface area contributed by atoms with Gasteiger partial charge < -0.3 is 15.5 Å². The largest absolute Gasteiger partial charge is 0.365 e. The van der Waals surface area contributed by atoms with E-state index in [1.165, 1.54) is 25.6 Å². The number of piperidine rings is 1. The average molecular weight is 293 g/mol. The van der Waals surface area contributed by atoms with E-state index in [9.17, 15) is 4.39 Å². The Morgan fingerprint density at radius 1 is 1.38 bits per heavy atom. The van der Waals surface area contributed by atoms with Gasteiger partial charge >= 0.3 is 0 Å². The molecule has 1 aromatic heterocycles. The van der Waals surface area contributed by atoms with Crippen molar-refractivity contribution in [3.63, 3.8) is 0 Å². The first-order chi connectivity index (χ1) is 10.3. The molecule has 3 heterocycles. The minimum Gasteiger partial charge on any atom is -0.365 e. The second kappa shape index (κ2) is 6.56. The van der Waals surface area contributed by atoms with E-state index in [-0.39, 0.29) is 5.82 Å². The van der Waals surface area contributed by atoms with Crippen LogP contribution in [0.4, 0.5) is 16.2 Å². The van der Waals surface area contributed by atoms with Crippen LogP contribution in [0.3, 0.4) is 0 Å². The van der Waals surface area contributed by atoms with Gasteiger partial charge in [-0.2, -0.15) is 4.98 Å². The number of fused-ring (bicyclic) bond motifs is 1. The summed E-state index contributed by atoms with van der Waals surface area (Å²) >= 11 is 0. The van der Waals surface area contributed by atoms with E-state index in [1.54, 1.807) is 0 Å². The summed E-state index contributed by atoms with van der Waals surface area (Å²) < 4.78 is 13.9. The minimum atomic E-state index is -0.370. The molecule has 3 rings (SSSR count). The number of hydrogen-bond donors (Lipinski definition) is 2. The van der Waals surface area contributed by atoms with Crippen molar-refractivity contribution in [2.75, 3.05) is 30.3 Å². The molecule has 21 heavy (non-hydrogen) atoms. The van der Waals surface area contributed by atoms with Crippen LogP contribution in [-0.4, -0.2) is 46.6 Å². The first kappa shape index (κ1) is 14.5. The van der Waals surface area contributed by atoms with Crippen LogP contribution in [0.1, 0.15) is 39.0 Å². The van der Waals surface area contributed by atoms with Crippen LogP contribution in [-0.2, 0) is 0 Å². The highest BCUT2D eigenvalue weighted by Crippen LogP contribution is 2.28. The van der Waals surface area contributed by atoms with Gasteiger partial charge in [-0.25, -0.2) is 9.37 Å². The molecule has 0 radical (unpaired) electrons. The van der Waals surface area contributed by atoms with E-state index in [4.69, 9.17) is 0 Å². The maximum atomic E-state index is 13.9. The van der Waals surface area contributed by atoms with Gasteiger partial charge in [-0.15, -0.1) is 0 Å². The van der Waals surface area contributed by atoms with E-state index in [0.29, 0.717) is 23.8 Å². The van der Waals surface area contributed by atoms with Gasteiger partial charge in [-0.05, 0) is 38.6 Å². The molecule has 2 saturated heterocycles. The summed E-state index contributed by atoms with van der Waals surface area (Å²) in [5, 5.41) is 6.38. The average Bonchev–Trinajstić information content (AvgIpc) is 2.95. The van der Waals surface area contributed by atoms with Crippen molar-refractivity contribution in [1.82, 2.24) is 14.9 Å². The maximum absolute atomic E-state index is 13.9. The summed E-state index contributed by atoms with van der Waals surface area (Å²) in [6.07, 6.45) is 6.94. The number of halogens is 1. The lowest BCUT2D eigenvalue weighted by Gasteiger charge is -2.35. The Morgan fingerprint density at radius 2 is 2.29 bits per heavy atom. The van der Waals surface area contributed by atoms with Crippen molar-refractivity contribution in [2.45, 2.75) is 51.1 Å². The molecular weight excluding hydrogens is 269 g/mol. The van der Waals surface area contributed by atoms with E-state index < -0.39 is 0 Å². The Morgan fingerprint density at radius 3 is 3.14 bits per heavy atom. The summed E-state index contributed by atoms with van der Waals surface area (Å²) in [5.74, 6) is 0.463. The highest BCUT2D eigenvalue weighted by Gasteiger charge is 2.32. The Hall–Kier alpha value is -1.43. The molecule has 116 valence electrons. The molecule has 2 unspecified atom stereocenters. The first-order valence-electron chi connectivity index (χ1n) is 8.03. The SMILES string of the molecule is CCCNc1ncc(F)c(NC2CCN3CCCC3C2)n1. The van der Waals surface area contributed by atoms with Crippen molar-refractivity contribution in [1.29, 1.82) is 0 Å². The van der Waals surface area contributed by atoms with Gasteiger partial charge in [-0.1, -0.05) is 6.92 Å². The van der Waals surface area contributed by atoms with E-state index >= 15 is 0 Å². The van der Waals surface area contributed by atoms with Gasteiger partial charge in [0.1, 0.15) is 0 Å². The maximum Gasteiger partial charge on any atom is 0.224 e. The lowest BCUT2D eigenvalue weighted by molar-refractivity contribution is 0.188. The normalized spacial score (nSPS) is 25.6. The zero-order chi connectivity index (χ0) is 14.7. The minimum absolute atomic E-state index is 0.313. The molecule has 2 aliphatic rings. The topological polar surface area (TPSA) is 53.1 Å². The van der Waals surface area contributed by atoms with Gasteiger partial charge in [0.2, 0.25) is 5.95 Å². The Bertz CT molecular complexity index is 481. The van der Waals surface area contributed by atoms with Gasteiger partial charge in [0, 0.05) is 25.2 Å². The number of hydrogen-bond acceptors (Lipinski definition) is 5. The fourth-order valence-corrected chi connectivity index (χ4v) is 3.34. The molecule has 0 bridgehead atoms. The fraction of sp³-hybridized carbons (Fsp3) is 0.733. The quantitative estimate of drug-likeness (QED) is 0.873. The number of aromatic nitrogens is 2. The molecule has 0 spiro atoms. The van der Waals surface area contributed by atoms with Crippen LogP contribution in [0.5, 0.6) is 0 Å². The van der Waals surface area contributed by atoms with Crippen LogP contribution in [0.15, 0.2) is 6.20 Å². The third-order valence-electron chi connectivity index (χ3n) is 4.44. The van der Waals surface area contributed by atoms with E-state index in [0.717, 1.165) is 32.4 Å². The molecule has 2 aliphatic heterocycles. The second-order valence-corrected chi connectivity index (χ2v) is 6.01. The van der Waals surface area contributed by atoms with Crippen molar-refractivity contribution in [2.24, 2.45) is 0 Å². The monoisotopic (exact) mass is 293 g/mol. The van der Waals surface area contributed by atoms with Crippen molar-refractivity contribution in [3.8, 4) is 0 Å². The Kier molecular flexibility index (Phi) is 4.53. The van der Waals surface area contributed by atoms with Crippen LogP contribution < -0.4 is 10.6 Å². The Labute approximate surface area is 125 Å². The summed E-state index contributed by atoms with van der Waals surface area (Å²) in [6, 6.07) is 0.978. The first-order valence-corrected chi connectivity index (χ1v) is 8.03. The lowest BCUT2D eigenvalue weighted by Crippen LogP contribution is -2.43. The summed E-state index contributed by atoms with van der Waals surface area (Å²) in [6.45, 7) is 5.21. The molecule has 2 fully saturated rings. The zero-order valence-electron chi connectivity index (χ0n) is 12.6. The number of rotatable bonds is 5.